The highest BCUT2D eigenvalue weighted by atomic mass is 16.5. The van der Waals surface area contributed by atoms with Crippen molar-refractivity contribution in [1.82, 2.24) is 4.90 Å². The lowest BCUT2D eigenvalue weighted by Crippen LogP contribution is -2.48. The Balaban J connectivity index is 1.34. The van der Waals surface area contributed by atoms with Gasteiger partial charge in [-0.15, -0.1) is 0 Å². The van der Waals surface area contributed by atoms with Crippen LogP contribution in [0, 0.1) is 5.92 Å². The van der Waals surface area contributed by atoms with Crippen molar-refractivity contribution in [3.63, 3.8) is 0 Å². The summed E-state index contributed by atoms with van der Waals surface area (Å²) in [6.07, 6.45) is 12.5. The molecule has 1 aromatic carbocycles. The zero-order valence-electron chi connectivity index (χ0n) is 17.0. The second-order valence-corrected chi connectivity index (χ2v) is 8.65. The monoisotopic (exact) mass is 372 g/mol. The van der Waals surface area contributed by atoms with Crippen molar-refractivity contribution in [2.45, 2.75) is 63.9 Å². The van der Waals surface area contributed by atoms with Gasteiger partial charge in [0.15, 0.2) is 11.5 Å². The predicted molar refractivity (Wildman–Crippen MR) is 111 cm³/mol. The van der Waals surface area contributed by atoms with Crippen LogP contribution < -0.4 is 14.4 Å². The molecule has 0 atom stereocenters. The van der Waals surface area contributed by atoms with Gasteiger partial charge in [-0.1, -0.05) is 19.3 Å². The Hall–Kier alpha value is -1.42. The summed E-state index contributed by atoms with van der Waals surface area (Å²) >= 11 is 0. The van der Waals surface area contributed by atoms with Gasteiger partial charge in [-0.25, -0.2) is 0 Å². The van der Waals surface area contributed by atoms with Crippen molar-refractivity contribution in [1.29, 1.82) is 0 Å². The third-order valence-corrected chi connectivity index (χ3v) is 6.72. The van der Waals surface area contributed by atoms with Gasteiger partial charge in [-0.05, 0) is 56.6 Å². The van der Waals surface area contributed by atoms with Gasteiger partial charge in [0.25, 0.3) is 0 Å². The maximum Gasteiger partial charge on any atom is 0.163 e. The van der Waals surface area contributed by atoms with E-state index in [0.717, 1.165) is 30.5 Å². The third-order valence-electron chi connectivity index (χ3n) is 6.72. The molecule has 27 heavy (non-hydrogen) atoms. The summed E-state index contributed by atoms with van der Waals surface area (Å²) in [6, 6.07) is 6.47. The van der Waals surface area contributed by atoms with Crippen LogP contribution in [0.1, 0.15) is 57.8 Å². The highest BCUT2D eigenvalue weighted by Crippen LogP contribution is 2.35. The second-order valence-electron chi connectivity index (χ2n) is 8.65. The SMILES string of the molecule is COc1ccc(N2CCN(CC3CCCCC3)CC2)cc1OC1CCCC1. The van der Waals surface area contributed by atoms with Crippen LogP contribution in [0.4, 0.5) is 5.69 Å². The minimum atomic E-state index is 0.362. The molecule has 4 nitrogen and oxygen atoms in total. The van der Waals surface area contributed by atoms with E-state index in [9.17, 15) is 0 Å². The molecule has 1 aliphatic heterocycles. The molecule has 0 unspecified atom stereocenters. The standard InChI is InChI=1S/C23H36N2O2/c1-26-22-12-11-20(17-23(22)27-21-9-5-6-10-21)25-15-13-24(14-16-25)18-19-7-3-2-4-8-19/h11-12,17,19,21H,2-10,13-16,18H2,1H3. The van der Waals surface area contributed by atoms with E-state index in [4.69, 9.17) is 9.47 Å². The summed E-state index contributed by atoms with van der Waals surface area (Å²) in [5, 5.41) is 0. The molecule has 2 aliphatic carbocycles. The highest BCUT2D eigenvalue weighted by Gasteiger charge is 2.23. The number of hydrogen-bond acceptors (Lipinski definition) is 4. The molecule has 150 valence electrons. The van der Waals surface area contributed by atoms with Crippen molar-refractivity contribution >= 4 is 5.69 Å². The normalized spacial score (nSPS) is 22.9. The fraction of sp³-hybridized carbons (Fsp3) is 0.739. The minimum absolute atomic E-state index is 0.362. The number of ether oxygens (including phenoxy) is 2. The summed E-state index contributed by atoms with van der Waals surface area (Å²) in [4.78, 5) is 5.20. The number of piperazine rings is 1. The van der Waals surface area contributed by atoms with Crippen molar-refractivity contribution in [3.05, 3.63) is 18.2 Å². The predicted octanol–water partition coefficient (Wildman–Crippen LogP) is 4.72. The van der Waals surface area contributed by atoms with E-state index in [-0.39, 0.29) is 0 Å². The van der Waals surface area contributed by atoms with E-state index in [1.54, 1.807) is 7.11 Å². The van der Waals surface area contributed by atoms with Crippen LogP contribution in [0.25, 0.3) is 0 Å². The summed E-state index contributed by atoms with van der Waals surface area (Å²) < 4.78 is 11.8. The first-order valence-corrected chi connectivity index (χ1v) is 11.1. The van der Waals surface area contributed by atoms with Gasteiger partial charge in [0.2, 0.25) is 0 Å². The number of nitrogens with zero attached hydrogens (tertiary/aromatic N) is 2. The van der Waals surface area contributed by atoms with Crippen LogP contribution in [-0.2, 0) is 0 Å². The molecular formula is C23H36N2O2. The fourth-order valence-corrected chi connectivity index (χ4v) is 5.06. The number of rotatable bonds is 6. The first kappa shape index (κ1) is 18.9. The minimum Gasteiger partial charge on any atom is -0.493 e. The number of anilines is 1. The van der Waals surface area contributed by atoms with Crippen molar-refractivity contribution < 1.29 is 9.47 Å². The van der Waals surface area contributed by atoms with Crippen molar-refractivity contribution in [2.75, 3.05) is 44.7 Å². The van der Waals surface area contributed by atoms with Gasteiger partial charge < -0.3 is 14.4 Å². The average Bonchev–Trinajstić information content (AvgIpc) is 3.22. The zero-order chi connectivity index (χ0) is 18.5. The number of benzene rings is 1. The summed E-state index contributed by atoms with van der Waals surface area (Å²) in [6.45, 7) is 5.90. The van der Waals surface area contributed by atoms with E-state index >= 15 is 0 Å². The molecule has 1 heterocycles. The Morgan fingerprint density at radius 1 is 0.852 bits per heavy atom. The Morgan fingerprint density at radius 2 is 1.56 bits per heavy atom. The van der Waals surface area contributed by atoms with Crippen LogP contribution in [0.2, 0.25) is 0 Å². The quantitative estimate of drug-likeness (QED) is 0.721. The molecule has 1 saturated heterocycles. The molecule has 4 heteroatoms. The van der Waals surface area contributed by atoms with Crippen LogP contribution >= 0.6 is 0 Å². The number of methoxy groups -OCH3 is 1. The summed E-state index contributed by atoms with van der Waals surface area (Å²) in [5.41, 5.74) is 1.28. The molecule has 0 bridgehead atoms. The lowest BCUT2D eigenvalue weighted by Gasteiger charge is -2.38. The first-order valence-electron chi connectivity index (χ1n) is 11.1. The van der Waals surface area contributed by atoms with E-state index in [1.165, 1.54) is 83.1 Å². The second kappa shape index (κ2) is 9.18. The lowest BCUT2D eigenvalue weighted by atomic mass is 9.89. The largest absolute Gasteiger partial charge is 0.493 e. The Morgan fingerprint density at radius 3 is 2.26 bits per heavy atom. The number of hydrogen-bond donors (Lipinski definition) is 0. The van der Waals surface area contributed by atoms with Crippen LogP contribution in [0.15, 0.2) is 18.2 Å². The van der Waals surface area contributed by atoms with Crippen molar-refractivity contribution in [3.8, 4) is 11.5 Å². The van der Waals surface area contributed by atoms with Gasteiger partial charge in [0.1, 0.15) is 0 Å². The Bertz CT molecular complexity index is 586. The van der Waals surface area contributed by atoms with Gasteiger partial charge in [-0.2, -0.15) is 0 Å². The van der Waals surface area contributed by atoms with E-state index < -0.39 is 0 Å². The van der Waals surface area contributed by atoms with E-state index in [0.29, 0.717) is 6.10 Å². The Labute approximate surface area is 164 Å². The molecule has 0 radical (unpaired) electrons. The van der Waals surface area contributed by atoms with E-state index in [1.807, 2.05) is 0 Å². The molecule has 0 amide bonds. The molecule has 0 aromatic heterocycles. The maximum atomic E-state index is 6.29. The Kier molecular flexibility index (Phi) is 6.43. The molecule has 3 fully saturated rings. The van der Waals surface area contributed by atoms with Crippen LogP contribution in [0.5, 0.6) is 11.5 Å². The third kappa shape index (κ3) is 4.90. The molecule has 3 aliphatic rings. The summed E-state index contributed by atoms with van der Waals surface area (Å²) in [5.74, 6) is 2.73. The van der Waals surface area contributed by atoms with Gasteiger partial charge in [0, 0.05) is 44.5 Å². The zero-order valence-corrected chi connectivity index (χ0v) is 17.0. The molecule has 0 N–H and O–H groups in total. The summed E-state index contributed by atoms with van der Waals surface area (Å²) in [7, 11) is 1.74. The van der Waals surface area contributed by atoms with Crippen LogP contribution in [-0.4, -0.2) is 50.8 Å². The lowest BCUT2D eigenvalue weighted by molar-refractivity contribution is 0.191. The smallest absolute Gasteiger partial charge is 0.163 e. The molecule has 4 rings (SSSR count). The first-order chi connectivity index (χ1) is 13.3. The molecule has 1 aromatic rings. The van der Waals surface area contributed by atoms with Gasteiger partial charge >= 0.3 is 0 Å². The maximum absolute atomic E-state index is 6.29. The highest BCUT2D eigenvalue weighted by molar-refractivity contribution is 5.56. The van der Waals surface area contributed by atoms with Gasteiger partial charge in [-0.3, -0.25) is 4.90 Å². The fourth-order valence-electron chi connectivity index (χ4n) is 5.06. The van der Waals surface area contributed by atoms with Crippen LogP contribution in [0.3, 0.4) is 0 Å². The topological polar surface area (TPSA) is 24.9 Å². The molecule has 2 saturated carbocycles. The molecular weight excluding hydrogens is 336 g/mol. The average molecular weight is 373 g/mol. The van der Waals surface area contributed by atoms with E-state index in [2.05, 4.69) is 28.0 Å². The van der Waals surface area contributed by atoms with Gasteiger partial charge in [0.05, 0.1) is 13.2 Å². The van der Waals surface area contributed by atoms with Crippen molar-refractivity contribution in [2.24, 2.45) is 5.92 Å². The molecule has 0 spiro atoms.